The van der Waals surface area contributed by atoms with Crippen molar-refractivity contribution in [2.75, 3.05) is 18.6 Å². The van der Waals surface area contributed by atoms with E-state index in [1.165, 1.54) is 0 Å². The lowest BCUT2D eigenvalue weighted by atomic mass is 10.0. The Labute approximate surface area is 115 Å². The van der Waals surface area contributed by atoms with Crippen molar-refractivity contribution in [2.45, 2.75) is 32.2 Å². The van der Waals surface area contributed by atoms with Crippen LogP contribution in [0, 0.1) is 0 Å². The Morgan fingerprint density at radius 2 is 1.95 bits per heavy atom. The molecule has 0 bridgehead atoms. The quantitative estimate of drug-likeness (QED) is 0.790. The fourth-order valence-electron chi connectivity index (χ4n) is 2.00. The molecule has 0 radical (unpaired) electrons. The van der Waals surface area contributed by atoms with Crippen LogP contribution in [0.15, 0.2) is 24.3 Å². The van der Waals surface area contributed by atoms with Crippen molar-refractivity contribution < 1.29 is 13.2 Å². The molecule has 0 amide bonds. The number of ether oxygens (including phenoxy) is 1. The maximum atomic E-state index is 11.6. The smallest absolute Gasteiger partial charge is 0.150 e. The third-order valence-corrected chi connectivity index (χ3v) is 4.88. The van der Waals surface area contributed by atoms with Gasteiger partial charge in [0.15, 0.2) is 0 Å². The Balaban J connectivity index is 2.54. The monoisotopic (exact) mass is 285 g/mol. The molecule has 1 atom stereocenters. The molecule has 0 spiro atoms. The van der Waals surface area contributed by atoms with Gasteiger partial charge in [0.05, 0.1) is 12.9 Å². The molecule has 1 aromatic rings. The third-order valence-electron chi connectivity index (χ3n) is 2.99. The van der Waals surface area contributed by atoms with E-state index in [2.05, 4.69) is 0 Å². The number of sulfone groups is 1. The van der Waals surface area contributed by atoms with Gasteiger partial charge in [-0.1, -0.05) is 25.1 Å². The van der Waals surface area contributed by atoms with Crippen molar-refractivity contribution in [3.63, 3.8) is 0 Å². The molecule has 5 heteroatoms. The molecule has 0 fully saturated rings. The Hall–Kier alpha value is -1.07. The molecule has 0 aliphatic heterocycles. The van der Waals surface area contributed by atoms with Gasteiger partial charge in [-0.15, -0.1) is 0 Å². The van der Waals surface area contributed by atoms with Crippen LogP contribution >= 0.6 is 0 Å². The molecular weight excluding hydrogens is 262 g/mol. The number of methoxy groups -OCH3 is 1. The average molecular weight is 285 g/mol. The fraction of sp³-hybridized carbons (Fsp3) is 0.571. The molecule has 0 saturated heterocycles. The first-order valence-electron chi connectivity index (χ1n) is 6.56. The fourth-order valence-corrected chi connectivity index (χ4v) is 3.49. The van der Waals surface area contributed by atoms with Gasteiger partial charge in [0.2, 0.25) is 0 Å². The molecule has 19 heavy (non-hydrogen) atoms. The third kappa shape index (κ3) is 5.61. The predicted molar refractivity (Wildman–Crippen MR) is 78.2 cm³/mol. The van der Waals surface area contributed by atoms with E-state index in [1.807, 2.05) is 31.2 Å². The molecule has 4 nitrogen and oxygen atoms in total. The number of hydrogen-bond acceptors (Lipinski definition) is 4. The predicted octanol–water partition coefficient (Wildman–Crippen LogP) is 1.78. The second-order valence-corrected chi connectivity index (χ2v) is 7.02. The van der Waals surface area contributed by atoms with Crippen molar-refractivity contribution in [3.8, 4) is 5.75 Å². The normalized spacial score (nSPS) is 13.2. The van der Waals surface area contributed by atoms with E-state index in [-0.39, 0.29) is 17.5 Å². The number of benzene rings is 1. The second kappa shape index (κ2) is 7.50. The first-order chi connectivity index (χ1) is 8.98. The van der Waals surface area contributed by atoms with Crippen LogP contribution in [-0.4, -0.2) is 33.1 Å². The lowest BCUT2D eigenvalue weighted by Crippen LogP contribution is -2.27. The maximum absolute atomic E-state index is 11.6. The van der Waals surface area contributed by atoms with Gasteiger partial charge < -0.3 is 10.5 Å². The van der Waals surface area contributed by atoms with Crippen LogP contribution in [-0.2, 0) is 16.3 Å². The first-order valence-corrected chi connectivity index (χ1v) is 8.38. The van der Waals surface area contributed by atoms with Gasteiger partial charge in [-0.3, -0.25) is 0 Å². The van der Waals surface area contributed by atoms with E-state index >= 15 is 0 Å². The lowest BCUT2D eigenvalue weighted by Gasteiger charge is -2.14. The summed E-state index contributed by atoms with van der Waals surface area (Å²) in [4.78, 5) is 0. The summed E-state index contributed by atoms with van der Waals surface area (Å²) >= 11 is 0. The molecule has 0 aliphatic carbocycles. The van der Waals surface area contributed by atoms with E-state index in [0.717, 1.165) is 11.3 Å². The molecule has 2 N–H and O–H groups in total. The molecule has 0 aliphatic rings. The molecule has 1 unspecified atom stereocenters. The first kappa shape index (κ1) is 16.0. The van der Waals surface area contributed by atoms with Crippen LogP contribution < -0.4 is 10.5 Å². The summed E-state index contributed by atoms with van der Waals surface area (Å²) in [5.74, 6) is 1.21. The van der Waals surface area contributed by atoms with Crippen molar-refractivity contribution in [3.05, 3.63) is 29.8 Å². The molecule has 1 rings (SSSR count). The zero-order chi connectivity index (χ0) is 14.3. The lowest BCUT2D eigenvalue weighted by molar-refractivity contribution is 0.407. The molecule has 1 aromatic carbocycles. The highest BCUT2D eigenvalue weighted by atomic mass is 32.2. The summed E-state index contributed by atoms with van der Waals surface area (Å²) in [5, 5.41) is 0. The van der Waals surface area contributed by atoms with Crippen LogP contribution in [0.4, 0.5) is 0 Å². The van der Waals surface area contributed by atoms with Crippen LogP contribution in [0.1, 0.15) is 25.3 Å². The van der Waals surface area contributed by atoms with Gasteiger partial charge in [0, 0.05) is 11.8 Å². The molecule has 108 valence electrons. The van der Waals surface area contributed by atoms with Gasteiger partial charge in [-0.25, -0.2) is 8.42 Å². The van der Waals surface area contributed by atoms with Crippen LogP contribution in [0.25, 0.3) is 0 Å². The summed E-state index contributed by atoms with van der Waals surface area (Å²) in [7, 11) is -1.32. The van der Waals surface area contributed by atoms with Crippen molar-refractivity contribution in [1.82, 2.24) is 0 Å². The minimum Gasteiger partial charge on any atom is -0.496 e. The number of hydrogen-bond donors (Lipinski definition) is 1. The van der Waals surface area contributed by atoms with Gasteiger partial charge in [0.25, 0.3) is 0 Å². The average Bonchev–Trinajstić information content (AvgIpc) is 2.37. The van der Waals surface area contributed by atoms with E-state index < -0.39 is 9.84 Å². The molecular formula is C14H23NO3S. The summed E-state index contributed by atoms with van der Waals surface area (Å²) in [6.07, 6.45) is 1.77. The van der Waals surface area contributed by atoms with Gasteiger partial charge >= 0.3 is 0 Å². The summed E-state index contributed by atoms with van der Waals surface area (Å²) in [6, 6.07) is 7.51. The SMILES string of the molecule is CCCS(=O)(=O)CCC(N)Cc1ccccc1OC. The summed E-state index contributed by atoms with van der Waals surface area (Å²) in [5.41, 5.74) is 7.03. The van der Waals surface area contributed by atoms with E-state index in [4.69, 9.17) is 10.5 Å². The highest BCUT2D eigenvalue weighted by molar-refractivity contribution is 7.91. The van der Waals surface area contributed by atoms with Crippen LogP contribution in [0.5, 0.6) is 5.75 Å². The largest absolute Gasteiger partial charge is 0.496 e. The molecule has 0 saturated carbocycles. The topological polar surface area (TPSA) is 69.4 Å². The Kier molecular flexibility index (Phi) is 6.31. The van der Waals surface area contributed by atoms with E-state index in [9.17, 15) is 8.42 Å². The van der Waals surface area contributed by atoms with E-state index in [0.29, 0.717) is 19.3 Å². The van der Waals surface area contributed by atoms with Crippen LogP contribution in [0.3, 0.4) is 0 Å². The number of para-hydroxylation sites is 1. The van der Waals surface area contributed by atoms with Crippen molar-refractivity contribution >= 4 is 9.84 Å². The minimum atomic E-state index is -2.95. The molecule has 0 heterocycles. The maximum Gasteiger partial charge on any atom is 0.150 e. The van der Waals surface area contributed by atoms with Crippen molar-refractivity contribution in [1.29, 1.82) is 0 Å². The van der Waals surface area contributed by atoms with Crippen LogP contribution in [0.2, 0.25) is 0 Å². The van der Waals surface area contributed by atoms with E-state index in [1.54, 1.807) is 7.11 Å². The Morgan fingerprint density at radius 3 is 2.58 bits per heavy atom. The Morgan fingerprint density at radius 1 is 1.26 bits per heavy atom. The minimum absolute atomic E-state index is 0.164. The number of rotatable bonds is 8. The Bertz CT molecular complexity index is 485. The van der Waals surface area contributed by atoms with Gasteiger partial charge in [-0.05, 0) is 30.9 Å². The standard InChI is InChI=1S/C14H23NO3S/c1-3-9-19(16,17)10-8-13(15)11-12-6-4-5-7-14(12)18-2/h4-7,13H,3,8-11,15H2,1-2H3. The van der Waals surface area contributed by atoms with Gasteiger partial charge in [-0.2, -0.15) is 0 Å². The second-order valence-electron chi connectivity index (χ2n) is 4.72. The zero-order valence-electron chi connectivity index (χ0n) is 11.6. The zero-order valence-corrected chi connectivity index (χ0v) is 12.4. The van der Waals surface area contributed by atoms with Crippen molar-refractivity contribution in [2.24, 2.45) is 5.73 Å². The summed E-state index contributed by atoms with van der Waals surface area (Å²) < 4.78 is 28.5. The molecule has 0 aromatic heterocycles. The number of nitrogens with two attached hydrogens (primary N) is 1. The highest BCUT2D eigenvalue weighted by Gasteiger charge is 2.14. The highest BCUT2D eigenvalue weighted by Crippen LogP contribution is 2.19. The van der Waals surface area contributed by atoms with Gasteiger partial charge in [0.1, 0.15) is 15.6 Å². The summed E-state index contributed by atoms with van der Waals surface area (Å²) in [6.45, 7) is 1.87.